The normalized spacial score (nSPS) is 12.7. The maximum atomic E-state index is 12.3. The van der Waals surface area contributed by atoms with Crippen LogP contribution in [0.4, 0.5) is 0 Å². The van der Waals surface area contributed by atoms with Crippen LogP contribution in [0.3, 0.4) is 0 Å². The third-order valence-corrected chi connectivity index (χ3v) is 4.79. The lowest BCUT2D eigenvalue weighted by atomic mass is 9.92. The van der Waals surface area contributed by atoms with Crippen LogP contribution >= 0.6 is 0 Å². The molecule has 0 aromatic heterocycles. The van der Waals surface area contributed by atoms with Crippen LogP contribution in [0.15, 0.2) is 48.5 Å². The Morgan fingerprint density at radius 1 is 0.818 bits per heavy atom. The van der Waals surface area contributed by atoms with Crippen LogP contribution in [-0.4, -0.2) is 57.3 Å². The highest BCUT2D eigenvalue weighted by Crippen LogP contribution is 2.28. The molecular formula is C26H37NO6. The van der Waals surface area contributed by atoms with Crippen molar-refractivity contribution in [3.63, 3.8) is 0 Å². The van der Waals surface area contributed by atoms with Crippen molar-refractivity contribution in [1.29, 1.82) is 0 Å². The van der Waals surface area contributed by atoms with Gasteiger partial charge in [-0.3, -0.25) is 9.59 Å². The topological polar surface area (TPSA) is 130 Å². The zero-order valence-electron chi connectivity index (χ0n) is 20.3. The molecule has 0 aliphatic rings. The molecule has 0 radical (unpaired) electrons. The van der Waals surface area contributed by atoms with Gasteiger partial charge >= 0.3 is 0 Å². The standard InChI is InChI=1S/C24H31NO6.C2H6/c1-23(2,29)21(27)17-9-5-15(6-10-17)20(31-14-19(26)13-25)16-7-11-18(12-8-16)22(28)24(3,4)30;1-2/h5-12,19-20,26,29-30H,13-14,25H2,1-4H3;1-2H3. The number of carbonyl (C=O) groups excluding carboxylic acids is 2. The maximum absolute atomic E-state index is 12.3. The SMILES string of the molecule is CC.CC(C)(O)C(=O)c1ccc(C(OCC(O)CN)c2ccc(C(=O)C(C)(C)O)cc2)cc1. The lowest BCUT2D eigenvalue weighted by Crippen LogP contribution is -2.31. The first-order valence-electron chi connectivity index (χ1n) is 11.1. The number of benzene rings is 2. The molecule has 33 heavy (non-hydrogen) atoms. The molecule has 0 heterocycles. The van der Waals surface area contributed by atoms with E-state index in [0.29, 0.717) is 11.1 Å². The summed E-state index contributed by atoms with van der Waals surface area (Å²) in [4.78, 5) is 24.5. The number of ketones is 2. The van der Waals surface area contributed by atoms with E-state index in [1.165, 1.54) is 27.7 Å². The molecule has 0 spiro atoms. The number of carbonyl (C=O) groups is 2. The zero-order valence-corrected chi connectivity index (χ0v) is 20.3. The largest absolute Gasteiger partial charge is 0.389 e. The Hall–Kier alpha value is -2.42. The van der Waals surface area contributed by atoms with Crippen molar-refractivity contribution in [3.05, 3.63) is 70.8 Å². The first-order chi connectivity index (χ1) is 15.3. The van der Waals surface area contributed by atoms with Crippen LogP contribution in [0.25, 0.3) is 0 Å². The quantitative estimate of drug-likeness (QED) is 0.402. The molecule has 7 nitrogen and oxygen atoms in total. The third kappa shape index (κ3) is 8.14. The fraction of sp³-hybridized carbons (Fsp3) is 0.462. The minimum atomic E-state index is -1.48. The monoisotopic (exact) mass is 459 g/mol. The summed E-state index contributed by atoms with van der Waals surface area (Å²) in [5.74, 6) is -0.797. The molecule has 182 valence electrons. The highest BCUT2D eigenvalue weighted by atomic mass is 16.5. The number of hydrogen-bond acceptors (Lipinski definition) is 7. The van der Waals surface area contributed by atoms with Gasteiger partial charge in [0.2, 0.25) is 0 Å². The van der Waals surface area contributed by atoms with Crippen molar-refractivity contribution >= 4 is 11.6 Å². The fourth-order valence-electron chi connectivity index (χ4n) is 2.99. The molecule has 2 aromatic carbocycles. The van der Waals surface area contributed by atoms with Gasteiger partial charge in [-0.15, -0.1) is 0 Å². The first-order valence-corrected chi connectivity index (χ1v) is 11.1. The van der Waals surface area contributed by atoms with E-state index < -0.39 is 35.0 Å². The number of ether oxygens (including phenoxy) is 1. The van der Waals surface area contributed by atoms with Gasteiger partial charge in [0.05, 0.1) is 12.7 Å². The van der Waals surface area contributed by atoms with Crippen LogP contribution in [0.1, 0.15) is 79.5 Å². The molecule has 1 atom stereocenters. The van der Waals surface area contributed by atoms with Crippen molar-refractivity contribution in [2.45, 2.75) is 65.0 Å². The third-order valence-electron chi connectivity index (χ3n) is 4.79. The second-order valence-corrected chi connectivity index (χ2v) is 8.62. The van der Waals surface area contributed by atoms with E-state index in [0.717, 1.165) is 11.1 Å². The maximum Gasteiger partial charge on any atom is 0.193 e. The van der Waals surface area contributed by atoms with E-state index in [4.69, 9.17) is 10.5 Å². The molecule has 0 bridgehead atoms. The summed E-state index contributed by atoms with van der Waals surface area (Å²) in [5, 5.41) is 29.7. The number of nitrogens with two attached hydrogens (primary N) is 1. The smallest absolute Gasteiger partial charge is 0.193 e. The van der Waals surface area contributed by atoms with Gasteiger partial charge in [0.1, 0.15) is 17.3 Å². The summed E-state index contributed by atoms with van der Waals surface area (Å²) in [6.45, 7) is 9.76. The van der Waals surface area contributed by atoms with E-state index in [9.17, 15) is 24.9 Å². The van der Waals surface area contributed by atoms with E-state index in [2.05, 4.69) is 0 Å². The Bertz CT molecular complexity index is 823. The summed E-state index contributed by atoms with van der Waals surface area (Å²) < 4.78 is 5.90. The van der Waals surface area contributed by atoms with E-state index in [-0.39, 0.29) is 13.2 Å². The molecule has 0 aliphatic heterocycles. The minimum Gasteiger partial charge on any atom is -0.389 e. The zero-order chi connectivity index (χ0) is 25.4. The summed E-state index contributed by atoms with van der Waals surface area (Å²) in [7, 11) is 0. The summed E-state index contributed by atoms with van der Waals surface area (Å²) in [6.07, 6.45) is -1.42. The second-order valence-electron chi connectivity index (χ2n) is 8.62. The van der Waals surface area contributed by atoms with Crippen LogP contribution in [0, 0.1) is 0 Å². The highest BCUT2D eigenvalue weighted by molar-refractivity contribution is 6.02. The first kappa shape index (κ1) is 28.6. The average Bonchev–Trinajstić information content (AvgIpc) is 2.79. The molecule has 0 fully saturated rings. The lowest BCUT2D eigenvalue weighted by Gasteiger charge is -2.22. The van der Waals surface area contributed by atoms with Crippen molar-refractivity contribution in [2.75, 3.05) is 13.2 Å². The molecule has 2 rings (SSSR count). The van der Waals surface area contributed by atoms with Gasteiger partial charge in [0.15, 0.2) is 11.6 Å². The van der Waals surface area contributed by atoms with Gasteiger partial charge in [0, 0.05) is 17.7 Å². The number of Topliss-reactive ketones (excluding diaryl/α,β-unsaturated/α-hetero) is 2. The molecule has 0 amide bonds. The van der Waals surface area contributed by atoms with E-state index in [1.54, 1.807) is 48.5 Å². The summed E-state index contributed by atoms with van der Waals surface area (Å²) in [6, 6.07) is 13.3. The van der Waals surface area contributed by atoms with Gasteiger partial charge in [-0.05, 0) is 38.8 Å². The summed E-state index contributed by atoms with van der Waals surface area (Å²) in [5.41, 5.74) is 4.68. The van der Waals surface area contributed by atoms with E-state index in [1.807, 2.05) is 13.8 Å². The van der Waals surface area contributed by atoms with Crippen LogP contribution < -0.4 is 5.73 Å². The predicted octanol–water partition coefficient (Wildman–Crippen LogP) is 3.05. The Morgan fingerprint density at radius 2 is 1.15 bits per heavy atom. The molecule has 0 aliphatic carbocycles. The second kappa shape index (κ2) is 12.2. The Labute approximate surface area is 196 Å². The Morgan fingerprint density at radius 3 is 1.42 bits per heavy atom. The van der Waals surface area contributed by atoms with Crippen LogP contribution in [0.5, 0.6) is 0 Å². The molecular weight excluding hydrogens is 422 g/mol. The molecule has 7 heteroatoms. The Kier molecular flexibility index (Phi) is 10.5. The van der Waals surface area contributed by atoms with Gasteiger partial charge in [0.25, 0.3) is 0 Å². The van der Waals surface area contributed by atoms with Gasteiger partial charge in [-0.25, -0.2) is 0 Å². The van der Waals surface area contributed by atoms with Crippen molar-refractivity contribution < 1.29 is 29.6 Å². The van der Waals surface area contributed by atoms with Gasteiger partial charge in [-0.1, -0.05) is 62.4 Å². The van der Waals surface area contributed by atoms with Crippen molar-refractivity contribution in [3.8, 4) is 0 Å². The number of rotatable bonds is 10. The predicted molar refractivity (Wildman–Crippen MR) is 128 cm³/mol. The number of aliphatic hydroxyl groups is 3. The van der Waals surface area contributed by atoms with Crippen LogP contribution in [-0.2, 0) is 4.74 Å². The minimum absolute atomic E-state index is 0.00409. The van der Waals surface area contributed by atoms with E-state index >= 15 is 0 Å². The van der Waals surface area contributed by atoms with Gasteiger partial charge < -0.3 is 25.8 Å². The molecule has 1 unspecified atom stereocenters. The molecule has 0 saturated carbocycles. The lowest BCUT2D eigenvalue weighted by molar-refractivity contribution is 0.00982. The van der Waals surface area contributed by atoms with Crippen molar-refractivity contribution in [2.24, 2.45) is 5.73 Å². The fourth-order valence-corrected chi connectivity index (χ4v) is 2.99. The highest BCUT2D eigenvalue weighted by Gasteiger charge is 2.27. The molecule has 5 N–H and O–H groups in total. The van der Waals surface area contributed by atoms with Gasteiger partial charge in [-0.2, -0.15) is 0 Å². The van der Waals surface area contributed by atoms with Crippen molar-refractivity contribution in [1.82, 2.24) is 0 Å². The number of hydrogen-bond donors (Lipinski definition) is 4. The Balaban J connectivity index is 0.00000265. The number of aliphatic hydroxyl groups excluding tert-OH is 1. The molecule has 0 saturated heterocycles. The average molecular weight is 460 g/mol. The van der Waals surface area contributed by atoms with Crippen LogP contribution in [0.2, 0.25) is 0 Å². The summed E-state index contributed by atoms with van der Waals surface area (Å²) >= 11 is 0. The molecule has 2 aromatic rings.